The lowest BCUT2D eigenvalue weighted by atomic mass is 10.0. The van der Waals surface area contributed by atoms with Crippen LogP contribution < -0.4 is 0 Å². The third-order valence-electron chi connectivity index (χ3n) is 2.04. The van der Waals surface area contributed by atoms with Crippen molar-refractivity contribution in [3.8, 4) is 11.8 Å². The smallest absolute Gasteiger partial charge is 0.342 e. The van der Waals surface area contributed by atoms with Gasteiger partial charge < -0.3 is 9.84 Å². The minimum absolute atomic E-state index is 0.0161. The number of carbonyl (C=O) groups excluding carboxylic acids is 1. The van der Waals surface area contributed by atoms with Gasteiger partial charge in [0.15, 0.2) is 0 Å². The van der Waals surface area contributed by atoms with Crippen LogP contribution in [0, 0.1) is 11.3 Å². The van der Waals surface area contributed by atoms with E-state index in [4.69, 9.17) is 5.26 Å². The topological polar surface area (TPSA) is 70.3 Å². The van der Waals surface area contributed by atoms with E-state index in [1.165, 1.54) is 6.92 Å². The highest BCUT2D eigenvalue weighted by molar-refractivity contribution is 5.95. The van der Waals surface area contributed by atoms with Gasteiger partial charge in [-0.05, 0) is 19.1 Å². The number of halogens is 2. The molecule has 1 aromatic rings. The molecule has 0 atom stereocenters. The molecule has 1 aromatic carbocycles. The fourth-order valence-corrected chi connectivity index (χ4v) is 1.35. The van der Waals surface area contributed by atoms with Gasteiger partial charge in [0.25, 0.3) is 6.43 Å². The van der Waals surface area contributed by atoms with Gasteiger partial charge in [-0.1, -0.05) is 0 Å². The maximum absolute atomic E-state index is 12.8. The molecular formula is C11H9F2NO3. The number of carbonyl (C=O) groups is 1. The average molecular weight is 241 g/mol. The zero-order chi connectivity index (χ0) is 13.0. The number of rotatable bonds is 3. The van der Waals surface area contributed by atoms with Crippen LogP contribution >= 0.6 is 0 Å². The first-order chi connectivity index (χ1) is 8.02. The Morgan fingerprint density at radius 1 is 1.59 bits per heavy atom. The van der Waals surface area contributed by atoms with E-state index in [2.05, 4.69) is 4.74 Å². The summed E-state index contributed by atoms with van der Waals surface area (Å²) in [6.07, 6.45) is -3.05. The van der Waals surface area contributed by atoms with Crippen molar-refractivity contribution >= 4 is 5.97 Å². The number of aromatic hydroxyl groups is 1. The second-order valence-corrected chi connectivity index (χ2v) is 3.05. The van der Waals surface area contributed by atoms with Gasteiger partial charge >= 0.3 is 5.97 Å². The summed E-state index contributed by atoms with van der Waals surface area (Å²) in [5, 5.41) is 18.1. The normalized spacial score (nSPS) is 10.1. The van der Waals surface area contributed by atoms with Crippen molar-refractivity contribution in [3.05, 3.63) is 28.8 Å². The number of esters is 1. The zero-order valence-electron chi connectivity index (χ0n) is 8.91. The highest BCUT2D eigenvalue weighted by Crippen LogP contribution is 2.32. The van der Waals surface area contributed by atoms with Crippen molar-refractivity contribution in [3.63, 3.8) is 0 Å². The van der Waals surface area contributed by atoms with Crippen LogP contribution in [0.15, 0.2) is 12.1 Å². The molecule has 0 unspecified atom stereocenters. The molecule has 0 spiro atoms. The standard InChI is InChI=1S/C11H9F2NO3/c1-2-17-11(16)9-7(15)4-3-6(5-14)8(9)10(12)13/h3-4,10,15H,2H2,1H3. The first-order valence-corrected chi connectivity index (χ1v) is 4.74. The summed E-state index contributed by atoms with van der Waals surface area (Å²) in [6, 6.07) is 3.58. The molecule has 4 nitrogen and oxygen atoms in total. The Balaban J connectivity index is 3.45. The maximum atomic E-state index is 12.8. The number of alkyl halides is 2. The van der Waals surface area contributed by atoms with E-state index in [1.54, 1.807) is 6.07 Å². The Kier molecular flexibility index (Phi) is 3.99. The molecule has 0 bridgehead atoms. The van der Waals surface area contributed by atoms with E-state index in [1.807, 2.05) is 0 Å². The summed E-state index contributed by atoms with van der Waals surface area (Å²) in [5.74, 6) is -1.70. The monoisotopic (exact) mass is 241 g/mol. The second kappa shape index (κ2) is 5.25. The molecule has 0 radical (unpaired) electrons. The number of nitriles is 1. The lowest BCUT2D eigenvalue weighted by molar-refractivity contribution is 0.0511. The molecule has 1 rings (SSSR count). The van der Waals surface area contributed by atoms with E-state index in [9.17, 15) is 18.7 Å². The van der Waals surface area contributed by atoms with E-state index in [-0.39, 0.29) is 12.2 Å². The molecule has 0 aliphatic carbocycles. The molecular weight excluding hydrogens is 232 g/mol. The summed E-state index contributed by atoms with van der Waals surface area (Å²) in [4.78, 5) is 11.4. The lowest BCUT2D eigenvalue weighted by Crippen LogP contribution is -2.10. The summed E-state index contributed by atoms with van der Waals surface area (Å²) < 4.78 is 30.1. The van der Waals surface area contributed by atoms with Gasteiger partial charge in [-0.25, -0.2) is 13.6 Å². The fraction of sp³-hybridized carbons (Fsp3) is 0.273. The van der Waals surface area contributed by atoms with Crippen LogP contribution in [-0.4, -0.2) is 17.7 Å². The SMILES string of the molecule is CCOC(=O)c1c(O)ccc(C#N)c1C(F)F. The zero-order valence-corrected chi connectivity index (χ0v) is 8.91. The Morgan fingerprint density at radius 3 is 2.71 bits per heavy atom. The average Bonchev–Trinajstić information content (AvgIpc) is 2.28. The van der Waals surface area contributed by atoms with Gasteiger partial charge in [0.2, 0.25) is 0 Å². The molecule has 6 heteroatoms. The fourth-order valence-electron chi connectivity index (χ4n) is 1.35. The quantitative estimate of drug-likeness (QED) is 0.825. The third-order valence-corrected chi connectivity index (χ3v) is 2.04. The molecule has 17 heavy (non-hydrogen) atoms. The van der Waals surface area contributed by atoms with Gasteiger partial charge in [0.05, 0.1) is 23.8 Å². The third kappa shape index (κ3) is 2.50. The van der Waals surface area contributed by atoms with Crippen molar-refractivity contribution in [2.75, 3.05) is 6.61 Å². The highest BCUT2D eigenvalue weighted by atomic mass is 19.3. The van der Waals surface area contributed by atoms with Gasteiger partial charge in [0, 0.05) is 0 Å². The minimum Gasteiger partial charge on any atom is -0.507 e. The molecule has 0 aliphatic heterocycles. The maximum Gasteiger partial charge on any atom is 0.342 e. The van der Waals surface area contributed by atoms with Crippen LogP contribution in [0.25, 0.3) is 0 Å². The molecule has 0 aliphatic rings. The molecule has 0 amide bonds. The predicted molar refractivity (Wildman–Crippen MR) is 53.7 cm³/mol. The van der Waals surface area contributed by atoms with Gasteiger partial charge in [-0.3, -0.25) is 0 Å². The lowest BCUT2D eigenvalue weighted by Gasteiger charge is -2.11. The van der Waals surface area contributed by atoms with Crippen LogP contribution in [0.4, 0.5) is 8.78 Å². The Morgan fingerprint density at radius 2 is 2.24 bits per heavy atom. The van der Waals surface area contributed by atoms with Gasteiger partial charge in [0.1, 0.15) is 11.3 Å². The molecule has 90 valence electrons. The second-order valence-electron chi connectivity index (χ2n) is 3.05. The Bertz CT molecular complexity index is 480. The van der Waals surface area contributed by atoms with Crippen LogP contribution in [0.1, 0.15) is 34.8 Å². The highest BCUT2D eigenvalue weighted by Gasteiger charge is 2.26. The van der Waals surface area contributed by atoms with Crippen LogP contribution in [0.5, 0.6) is 5.75 Å². The van der Waals surface area contributed by atoms with Gasteiger partial charge in [-0.15, -0.1) is 0 Å². The van der Waals surface area contributed by atoms with Crippen molar-refractivity contribution < 1.29 is 23.4 Å². The number of phenols is 1. The first-order valence-electron chi connectivity index (χ1n) is 4.74. The summed E-state index contributed by atoms with van der Waals surface area (Å²) in [7, 11) is 0. The molecule has 0 heterocycles. The minimum atomic E-state index is -3.05. The number of benzene rings is 1. The van der Waals surface area contributed by atoms with Crippen molar-refractivity contribution in [2.24, 2.45) is 0 Å². The summed E-state index contributed by atoms with van der Waals surface area (Å²) in [6.45, 7) is 1.49. The van der Waals surface area contributed by atoms with E-state index >= 15 is 0 Å². The van der Waals surface area contributed by atoms with Crippen molar-refractivity contribution in [1.82, 2.24) is 0 Å². The van der Waals surface area contributed by atoms with E-state index < -0.39 is 29.3 Å². The number of hydrogen-bond acceptors (Lipinski definition) is 4. The van der Waals surface area contributed by atoms with Gasteiger partial charge in [-0.2, -0.15) is 5.26 Å². The molecule has 0 saturated heterocycles. The number of nitrogens with zero attached hydrogens (tertiary/aromatic N) is 1. The Hall–Kier alpha value is -2.16. The van der Waals surface area contributed by atoms with E-state index in [0.717, 1.165) is 12.1 Å². The van der Waals surface area contributed by atoms with E-state index in [0.29, 0.717) is 0 Å². The number of phenolic OH excluding ortho intramolecular Hbond substituents is 1. The largest absolute Gasteiger partial charge is 0.507 e. The van der Waals surface area contributed by atoms with Crippen LogP contribution in [0.2, 0.25) is 0 Å². The summed E-state index contributed by atoms with van der Waals surface area (Å²) >= 11 is 0. The number of ether oxygens (including phenoxy) is 1. The van der Waals surface area contributed by atoms with Crippen LogP contribution in [-0.2, 0) is 4.74 Å². The molecule has 1 N–H and O–H groups in total. The van der Waals surface area contributed by atoms with Crippen LogP contribution in [0.3, 0.4) is 0 Å². The number of hydrogen-bond donors (Lipinski definition) is 1. The van der Waals surface area contributed by atoms with Crippen molar-refractivity contribution in [1.29, 1.82) is 5.26 Å². The Labute approximate surface area is 96.0 Å². The molecule has 0 aromatic heterocycles. The summed E-state index contributed by atoms with van der Waals surface area (Å²) in [5.41, 5.74) is -1.81. The predicted octanol–water partition coefficient (Wildman–Crippen LogP) is 2.38. The first kappa shape index (κ1) is 12.9. The van der Waals surface area contributed by atoms with Crippen molar-refractivity contribution in [2.45, 2.75) is 13.3 Å². The molecule has 0 fully saturated rings. The molecule has 0 saturated carbocycles.